The molecule has 2 aliphatic rings. The summed E-state index contributed by atoms with van der Waals surface area (Å²) in [5, 5.41) is -0.247. The number of piperazine rings is 1. The van der Waals surface area contributed by atoms with Crippen molar-refractivity contribution in [3.63, 3.8) is 0 Å². The van der Waals surface area contributed by atoms with Gasteiger partial charge in [0, 0.05) is 24.4 Å². The molecule has 1 aromatic carbocycles. The summed E-state index contributed by atoms with van der Waals surface area (Å²) in [5.74, 6) is 1.60. The Balaban J connectivity index is 1.42. The molecule has 7 nitrogen and oxygen atoms in total. The van der Waals surface area contributed by atoms with Crippen molar-refractivity contribution >= 4 is 23.6 Å². The van der Waals surface area contributed by atoms with Crippen LogP contribution in [-0.2, 0) is 20.9 Å². The summed E-state index contributed by atoms with van der Waals surface area (Å²) in [4.78, 5) is 29.2. The van der Waals surface area contributed by atoms with Crippen molar-refractivity contribution in [2.24, 2.45) is 0 Å². The quantitative estimate of drug-likeness (QED) is 0.537. The van der Waals surface area contributed by atoms with Crippen molar-refractivity contribution in [2.75, 3.05) is 65.8 Å². The summed E-state index contributed by atoms with van der Waals surface area (Å²) in [6.07, 6.45) is 0. The number of nitrogens with one attached hydrogen (secondary N) is 2. The van der Waals surface area contributed by atoms with Crippen LogP contribution in [0, 0.1) is 0 Å². The van der Waals surface area contributed by atoms with Gasteiger partial charge in [-0.15, -0.1) is 11.8 Å². The zero-order valence-electron chi connectivity index (χ0n) is 16.7. The highest BCUT2D eigenvalue weighted by atomic mass is 32.2. The van der Waals surface area contributed by atoms with Crippen molar-refractivity contribution in [1.82, 2.24) is 4.90 Å². The molecule has 154 valence electrons. The van der Waals surface area contributed by atoms with E-state index in [0.717, 1.165) is 50.8 Å². The third-order valence-electron chi connectivity index (χ3n) is 5.56. The maximum Gasteiger partial charge on any atom is 0.320 e. The molecule has 0 radical (unpaired) electrons. The van der Waals surface area contributed by atoms with Gasteiger partial charge in [0.1, 0.15) is 43.7 Å². The van der Waals surface area contributed by atoms with Gasteiger partial charge in [-0.2, -0.15) is 0 Å². The Bertz CT molecular complexity index is 662. The minimum Gasteiger partial charge on any atom is -0.497 e. The number of methoxy groups -OCH3 is 2. The number of carbonyl (C=O) groups excluding carboxylic acids is 2. The Kier molecular flexibility index (Phi) is 7.58. The van der Waals surface area contributed by atoms with Crippen LogP contribution in [0.4, 0.5) is 0 Å². The van der Waals surface area contributed by atoms with E-state index in [1.807, 2.05) is 17.0 Å². The molecular formula is C20H31N3O4S+2. The fraction of sp³-hybridized carbons (Fsp3) is 0.600. The summed E-state index contributed by atoms with van der Waals surface area (Å²) < 4.78 is 10.0. The van der Waals surface area contributed by atoms with Gasteiger partial charge in [0.2, 0.25) is 0 Å². The molecule has 3 rings (SSSR count). The fourth-order valence-electron chi connectivity index (χ4n) is 3.82. The Hall–Kier alpha value is -1.77. The first-order chi connectivity index (χ1) is 13.6. The van der Waals surface area contributed by atoms with Gasteiger partial charge in [-0.05, 0) is 24.3 Å². The minimum absolute atomic E-state index is 0.155. The molecule has 0 aromatic heterocycles. The third-order valence-corrected chi connectivity index (χ3v) is 6.72. The number of esters is 1. The normalized spacial score (nSPS) is 25.2. The second-order valence-electron chi connectivity index (χ2n) is 7.42. The summed E-state index contributed by atoms with van der Waals surface area (Å²) in [6, 6.07) is 8.27. The maximum atomic E-state index is 12.7. The number of thioether (sulfide) groups is 1. The van der Waals surface area contributed by atoms with Crippen molar-refractivity contribution < 1.29 is 28.9 Å². The number of hydrogen-bond acceptors (Lipinski definition) is 5. The Labute approximate surface area is 170 Å². The zero-order chi connectivity index (χ0) is 19.9. The summed E-state index contributed by atoms with van der Waals surface area (Å²) in [7, 11) is 3.09. The minimum atomic E-state index is -0.247. The van der Waals surface area contributed by atoms with Crippen molar-refractivity contribution in [3.8, 4) is 5.75 Å². The molecule has 1 atom stereocenters. The van der Waals surface area contributed by atoms with Gasteiger partial charge >= 0.3 is 5.97 Å². The van der Waals surface area contributed by atoms with E-state index in [1.165, 1.54) is 17.6 Å². The lowest BCUT2D eigenvalue weighted by Gasteiger charge is -2.33. The predicted octanol–water partition coefficient (Wildman–Crippen LogP) is -1.90. The summed E-state index contributed by atoms with van der Waals surface area (Å²) >= 11 is 1.58. The van der Waals surface area contributed by atoms with E-state index in [4.69, 9.17) is 9.47 Å². The first-order valence-corrected chi connectivity index (χ1v) is 10.9. The molecular weight excluding hydrogens is 378 g/mol. The third kappa shape index (κ3) is 5.62. The lowest BCUT2D eigenvalue weighted by Crippen LogP contribution is -3.28. The van der Waals surface area contributed by atoms with Gasteiger partial charge in [-0.25, -0.2) is 0 Å². The Morgan fingerprint density at radius 1 is 1.11 bits per heavy atom. The molecule has 1 amide bonds. The molecule has 0 bridgehead atoms. The average molecular weight is 410 g/mol. The van der Waals surface area contributed by atoms with E-state index in [0.29, 0.717) is 13.1 Å². The standard InChI is InChI=1S/C20H29N3O4S/c1-26-17-5-3-16(4-6-17)13-21-7-9-22(10-8-21)15-19(24)23-11-12-28-18(14-23)20(25)27-2/h3-6,18H,7-15H2,1-2H3/p+2/t18-/m1/s1. The van der Waals surface area contributed by atoms with Gasteiger partial charge in [0.15, 0.2) is 6.54 Å². The number of benzene rings is 1. The maximum absolute atomic E-state index is 12.7. The lowest BCUT2D eigenvalue weighted by molar-refractivity contribution is -1.02. The van der Waals surface area contributed by atoms with E-state index >= 15 is 0 Å². The number of amides is 1. The topological polar surface area (TPSA) is 64.7 Å². The molecule has 2 saturated heterocycles. The highest BCUT2D eigenvalue weighted by Gasteiger charge is 2.32. The molecule has 28 heavy (non-hydrogen) atoms. The molecule has 8 heteroatoms. The van der Waals surface area contributed by atoms with E-state index < -0.39 is 0 Å². The van der Waals surface area contributed by atoms with Crippen molar-refractivity contribution in [3.05, 3.63) is 29.8 Å². The van der Waals surface area contributed by atoms with Gasteiger partial charge in [0.05, 0.1) is 14.2 Å². The molecule has 2 aliphatic heterocycles. The highest BCUT2D eigenvalue weighted by Crippen LogP contribution is 2.19. The Morgan fingerprint density at radius 3 is 2.43 bits per heavy atom. The van der Waals surface area contributed by atoms with Crippen LogP contribution in [0.1, 0.15) is 5.56 Å². The molecule has 2 N–H and O–H groups in total. The fourth-order valence-corrected chi connectivity index (χ4v) is 4.95. The van der Waals surface area contributed by atoms with Crippen LogP contribution in [-0.4, -0.2) is 87.8 Å². The van der Waals surface area contributed by atoms with Crippen LogP contribution in [0.15, 0.2) is 24.3 Å². The molecule has 2 fully saturated rings. The predicted molar refractivity (Wildman–Crippen MR) is 108 cm³/mol. The number of hydrogen-bond donors (Lipinski definition) is 2. The second-order valence-corrected chi connectivity index (χ2v) is 8.73. The number of quaternary nitrogens is 2. The van der Waals surface area contributed by atoms with Gasteiger partial charge in [-0.1, -0.05) is 0 Å². The second kappa shape index (κ2) is 10.1. The van der Waals surface area contributed by atoms with Gasteiger partial charge in [0.25, 0.3) is 5.91 Å². The lowest BCUT2D eigenvalue weighted by atomic mass is 10.2. The van der Waals surface area contributed by atoms with Crippen LogP contribution >= 0.6 is 11.8 Å². The number of rotatable bonds is 6. The first-order valence-electron chi connectivity index (χ1n) is 9.86. The smallest absolute Gasteiger partial charge is 0.320 e. The molecule has 0 unspecified atom stereocenters. The van der Waals surface area contributed by atoms with Crippen LogP contribution in [0.25, 0.3) is 0 Å². The molecule has 0 aliphatic carbocycles. The van der Waals surface area contributed by atoms with Crippen LogP contribution < -0.4 is 14.5 Å². The molecule has 0 saturated carbocycles. The van der Waals surface area contributed by atoms with Crippen LogP contribution in [0.5, 0.6) is 5.75 Å². The van der Waals surface area contributed by atoms with Gasteiger partial charge in [-0.3, -0.25) is 9.59 Å². The molecule has 2 heterocycles. The average Bonchev–Trinajstić information content (AvgIpc) is 2.75. The monoisotopic (exact) mass is 409 g/mol. The van der Waals surface area contributed by atoms with Gasteiger partial charge < -0.3 is 24.2 Å². The first kappa shape index (κ1) is 21.0. The van der Waals surface area contributed by atoms with Crippen molar-refractivity contribution in [2.45, 2.75) is 11.8 Å². The van der Waals surface area contributed by atoms with Crippen LogP contribution in [0.3, 0.4) is 0 Å². The number of ether oxygens (including phenoxy) is 2. The van der Waals surface area contributed by atoms with Crippen molar-refractivity contribution in [1.29, 1.82) is 0 Å². The SMILES string of the molecule is COC(=O)[C@H]1CN(C(=O)C[NH+]2CC[NH+](Cc3ccc(OC)cc3)CC2)CCS1. The Morgan fingerprint density at radius 2 is 1.79 bits per heavy atom. The van der Waals surface area contributed by atoms with E-state index in [2.05, 4.69) is 12.1 Å². The zero-order valence-corrected chi connectivity index (χ0v) is 17.6. The summed E-state index contributed by atoms with van der Waals surface area (Å²) in [6.45, 7) is 6.85. The molecule has 0 spiro atoms. The van der Waals surface area contributed by atoms with E-state index in [9.17, 15) is 9.59 Å². The van der Waals surface area contributed by atoms with Crippen LogP contribution in [0.2, 0.25) is 0 Å². The van der Waals surface area contributed by atoms with E-state index in [1.54, 1.807) is 23.8 Å². The number of carbonyl (C=O) groups is 2. The summed E-state index contributed by atoms with van der Waals surface area (Å²) in [5.41, 5.74) is 1.31. The molecule has 1 aromatic rings. The highest BCUT2D eigenvalue weighted by molar-refractivity contribution is 8.00. The number of nitrogens with zero attached hydrogens (tertiary/aromatic N) is 1. The largest absolute Gasteiger partial charge is 0.497 e. The van der Waals surface area contributed by atoms with E-state index in [-0.39, 0.29) is 17.1 Å².